The van der Waals surface area contributed by atoms with E-state index in [1.807, 2.05) is 36.4 Å². The number of hydrogen-bond donors (Lipinski definition) is 0. The summed E-state index contributed by atoms with van der Waals surface area (Å²) < 4.78 is 11.1. The highest BCUT2D eigenvalue weighted by Crippen LogP contribution is 2.25. The molecule has 0 aliphatic rings. The second kappa shape index (κ2) is 6.31. The lowest BCUT2D eigenvalue weighted by Crippen LogP contribution is -1.88. The molecule has 0 unspecified atom stereocenters. The molecule has 21 heavy (non-hydrogen) atoms. The first-order chi connectivity index (χ1) is 10.3. The minimum absolute atomic E-state index is 0.856. The molecule has 2 aromatic carbocycles. The van der Waals surface area contributed by atoms with Crippen molar-refractivity contribution in [2.75, 3.05) is 7.11 Å². The van der Waals surface area contributed by atoms with Crippen molar-refractivity contribution in [3.63, 3.8) is 0 Å². The van der Waals surface area contributed by atoms with Gasteiger partial charge in [-0.15, -0.1) is 0 Å². The van der Waals surface area contributed by atoms with Gasteiger partial charge in [0.1, 0.15) is 17.3 Å². The molecule has 2 nitrogen and oxygen atoms in total. The molecule has 0 radical (unpaired) electrons. The Labute approximate surface area is 125 Å². The number of benzene rings is 2. The molecular formula is C19H18O2. The first-order valence-corrected chi connectivity index (χ1v) is 7.12. The number of ether oxygens (including phenoxy) is 1. The fraction of sp³-hybridized carbons (Fsp3) is 0.158. The third kappa shape index (κ3) is 3.34. The van der Waals surface area contributed by atoms with Crippen molar-refractivity contribution in [3.05, 3.63) is 78.1 Å². The van der Waals surface area contributed by atoms with Gasteiger partial charge < -0.3 is 9.15 Å². The van der Waals surface area contributed by atoms with E-state index in [0.29, 0.717) is 0 Å². The Bertz CT molecular complexity index is 681. The molecule has 0 fully saturated rings. The fourth-order valence-corrected chi connectivity index (χ4v) is 2.33. The Hall–Kier alpha value is -2.48. The van der Waals surface area contributed by atoms with E-state index in [1.54, 1.807) is 7.11 Å². The molecule has 1 heterocycles. The van der Waals surface area contributed by atoms with E-state index in [0.717, 1.165) is 35.7 Å². The second-order valence-electron chi connectivity index (χ2n) is 4.98. The highest BCUT2D eigenvalue weighted by Gasteiger charge is 2.05. The highest BCUT2D eigenvalue weighted by molar-refractivity contribution is 5.58. The van der Waals surface area contributed by atoms with Gasteiger partial charge in [-0.1, -0.05) is 30.3 Å². The van der Waals surface area contributed by atoms with E-state index in [9.17, 15) is 0 Å². The molecule has 1 aromatic heterocycles. The average molecular weight is 278 g/mol. The molecule has 3 aromatic rings. The lowest BCUT2D eigenvalue weighted by molar-refractivity contribution is 0.415. The highest BCUT2D eigenvalue weighted by atomic mass is 16.5. The molecule has 0 bridgehead atoms. The van der Waals surface area contributed by atoms with E-state index < -0.39 is 0 Å². The van der Waals surface area contributed by atoms with Crippen molar-refractivity contribution in [1.82, 2.24) is 0 Å². The van der Waals surface area contributed by atoms with Crippen molar-refractivity contribution >= 4 is 0 Å². The molecular weight excluding hydrogens is 260 g/mol. The maximum atomic E-state index is 5.92. The van der Waals surface area contributed by atoms with Crippen LogP contribution in [0.3, 0.4) is 0 Å². The average Bonchev–Trinajstić information content (AvgIpc) is 3.03. The van der Waals surface area contributed by atoms with Gasteiger partial charge in [0.15, 0.2) is 0 Å². The minimum atomic E-state index is 0.856. The first kappa shape index (κ1) is 13.5. The van der Waals surface area contributed by atoms with Gasteiger partial charge in [-0.05, 0) is 48.4 Å². The summed E-state index contributed by atoms with van der Waals surface area (Å²) in [4.78, 5) is 0. The molecule has 0 spiro atoms. The normalized spacial score (nSPS) is 10.5. The van der Waals surface area contributed by atoms with Crippen LogP contribution in [0.2, 0.25) is 0 Å². The summed E-state index contributed by atoms with van der Waals surface area (Å²) in [6.45, 7) is 0. The number of furan rings is 1. The van der Waals surface area contributed by atoms with Gasteiger partial charge in [0, 0.05) is 12.0 Å². The Morgan fingerprint density at radius 1 is 0.810 bits per heavy atom. The van der Waals surface area contributed by atoms with Crippen molar-refractivity contribution in [2.45, 2.75) is 12.8 Å². The molecule has 0 aliphatic carbocycles. The molecule has 0 amide bonds. The zero-order valence-electron chi connectivity index (χ0n) is 12.1. The standard InChI is InChI=1S/C19H18O2/c1-20-17-11-8-16(9-12-17)19-14-13-18(21-19)10-7-15-5-3-2-4-6-15/h2-6,8-9,11-14H,7,10H2,1H3. The van der Waals surface area contributed by atoms with Gasteiger partial charge in [-0.3, -0.25) is 0 Å². The van der Waals surface area contributed by atoms with E-state index in [4.69, 9.17) is 9.15 Å². The largest absolute Gasteiger partial charge is 0.497 e. The Balaban J connectivity index is 1.68. The van der Waals surface area contributed by atoms with Crippen LogP contribution in [-0.2, 0) is 12.8 Å². The molecule has 2 heteroatoms. The minimum Gasteiger partial charge on any atom is -0.497 e. The SMILES string of the molecule is COc1ccc(-c2ccc(CCc3ccccc3)o2)cc1. The van der Waals surface area contributed by atoms with Crippen LogP contribution in [0.4, 0.5) is 0 Å². The monoisotopic (exact) mass is 278 g/mol. The van der Waals surface area contributed by atoms with Crippen molar-refractivity contribution in [1.29, 1.82) is 0 Å². The van der Waals surface area contributed by atoms with E-state index in [1.165, 1.54) is 5.56 Å². The van der Waals surface area contributed by atoms with Gasteiger partial charge >= 0.3 is 0 Å². The van der Waals surface area contributed by atoms with Gasteiger partial charge in [0.05, 0.1) is 7.11 Å². The van der Waals surface area contributed by atoms with Crippen LogP contribution >= 0.6 is 0 Å². The number of rotatable bonds is 5. The predicted molar refractivity (Wildman–Crippen MR) is 84.5 cm³/mol. The second-order valence-corrected chi connectivity index (χ2v) is 4.98. The number of methoxy groups -OCH3 is 1. The van der Waals surface area contributed by atoms with Crippen LogP contribution in [0.5, 0.6) is 5.75 Å². The topological polar surface area (TPSA) is 22.4 Å². The molecule has 0 saturated carbocycles. The molecule has 0 atom stereocenters. The lowest BCUT2D eigenvalue weighted by atomic mass is 10.1. The smallest absolute Gasteiger partial charge is 0.134 e. The van der Waals surface area contributed by atoms with E-state index >= 15 is 0 Å². The van der Waals surface area contributed by atoms with Crippen LogP contribution in [0, 0.1) is 0 Å². The first-order valence-electron chi connectivity index (χ1n) is 7.12. The Morgan fingerprint density at radius 3 is 2.29 bits per heavy atom. The maximum absolute atomic E-state index is 5.92. The summed E-state index contributed by atoms with van der Waals surface area (Å²) in [6.07, 6.45) is 1.91. The maximum Gasteiger partial charge on any atom is 0.134 e. The van der Waals surface area contributed by atoms with Gasteiger partial charge in [-0.25, -0.2) is 0 Å². The Morgan fingerprint density at radius 2 is 1.57 bits per heavy atom. The summed E-state index contributed by atoms with van der Waals surface area (Å²) in [7, 11) is 1.67. The summed E-state index contributed by atoms with van der Waals surface area (Å²) >= 11 is 0. The summed E-state index contributed by atoms with van der Waals surface area (Å²) in [5.74, 6) is 2.78. The van der Waals surface area contributed by atoms with Crippen molar-refractivity contribution < 1.29 is 9.15 Å². The van der Waals surface area contributed by atoms with Crippen molar-refractivity contribution in [3.8, 4) is 17.1 Å². The molecule has 0 saturated heterocycles. The van der Waals surface area contributed by atoms with E-state index in [-0.39, 0.29) is 0 Å². The van der Waals surface area contributed by atoms with Crippen LogP contribution in [0.25, 0.3) is 11.3 Å². The quantitative estimate of drug-likeness (QED) is 0.672. The third-order valence-electron chi connectivity index (χ3n) is 3.54. The zero-order valence-corrected chi connectivity index (χ0v) is 12.1. The summed E-state index contributed by atoms with van der Waals surface area (Å²) in [6, 6.07) is 22.5. The van der Waals surface area contributed by atoms with Crippen LogP contribution in [0.1, 0.15) is 11.3 Å². The van der Waals surface area contributed by atoms with Gasteiger partial charge in [0.2, 0.25) is 0 Å². The van der Waals surface area contributed by atoms with Crippen molar-refractivity contribution in [2.24, 2.45) is 0 Å². The van der Waals surface area contributed by atoms with Crippen LogP contribution in [0.15, 0.2) is 71.1 Å². The molecule has 0 aliphatic heterocycles. The fourth-order valence-electron chi connectivity index (χ4n) is 2.33. The third-order valence-corrected chi connectivity index (χ3v) is 3.54. The summed E-state index contributed by atoms with van der Waals surface area (Å²) in [5, 5.41) is 0. The lowest BCUT2D eigenvalue weighted by Gasteiger charge is -2.01. The number of hydrogen-bond acceptors (Lipinski definition) is 2. The molecule has 0 N–H and O–H groups in total. The number of aryl methyl sites for hydroxylation is 2. The molecule has 3 rings (SSSR count). The zero-order chi connectivity index (χ0) is 14.5. The van der Waals surface area contributed by atoms with Crippen LogP contribution < -0.4 is 4.74 Å². The Kier molecular flexibility index (Phi) is 4.06. The van der Waals surface area contributed by atoms with Crippen LogP contribution in [-0.4, -0.2) is 7.11 Å². The van der Waals surface area contributed by atoms with Gasteiger partial charge in [-0.2, -0.15) is 0 Å². The molecule has 106 valence electrons. The predicted octanol–water partition coefficient (Wildman–Crippen LogP) is 4.74. The van der Waals surface area contributed by atoms with Gasteiger partial charge in [0.25, 0.3) is 0 Å². The van der Waals surface area contributed by atoms with E-state index in [2.05, 4.69) is 30.3 Å². The summed E-state index contributed by atoms with van der Waals surface area (Å²) in [5.41, 5.74) is 2.40.